The van der Waals surface area contributed by atoms with E-state index in [1.807, 2.05) is 0 Å². The van der Waals surface area contributed by atoms with E-state index in [1.54, 1.807) is 12.1 Å². The van der Waals surface area contributed by atoms with Gasteiger partial charge in [-0.15, -0.1) is 0 Å². The third kappa shape index (κ3) is 5.49. The molecule has 0 aliphatic heterocycles. The van der Waals surface area contributed by atoms with Crippen molar-refractivity contribution in [1.82, 2.24) is 10.7 Å². The lowest BCUT2D eigenvalue weighted by Crippen LogP contribution is -2.43. The molecule has 3 N–H and O–H groups in total. The summed E-state index contributed by atoms with van der Waals surface area (Å²) < 4.78 is 0. The number of hydrazone groups is 1. The number of hydrogen-bond donors (Lipinski definition) is 3. The number of rotatable bonds is 4. The Labute approximate surface area is 140 Å². The molecule has 0 spiro atoms. The highest BCUT2D eigenvalue weighted by Gasteiger charge is 2.19. The van der Waals surface area contributed by atoms with Crippen LogP contribution in [0.5, 0.6) is 0 Å². The van der Waals surface area contributed by atoms with Gasteiger partial charge in [-0.1, -0.05) is 37.8 Å². The molecule has 0 radical (unpaired) electrons. The van der Waals surface area contributed by atoms with Crippen LogP contribution in [0.3, 0.4) is 0 Å². The van der Waals surface area contributed by atoms with E-state index in [4.69, 9.17) is 5.11 Å². The number of carboxylic acid groups (broad SMARTS) is 1. The molecule has 0 saturated heterocycles. The zero-order chi connectivity index (χ0) is 17.4. The monoisotopic (exact) mass is 331 g/mol. The number of benzene rings is 1. The number of aromatic carboxylic acids is 1. The normalized spacial score (nSPS) is 15.7. The van der Waals surface area contributed by atoms with E-state index in [-0.39, 0.29) is 11.6 Å². The highest BCUT2D eigenvalue weighted by atomic mass is 16.4. The van der Waals surface area contributed by atoms with E-state index in [9.17, 15) is 14.4 Å². The van der Waals surface area contributed by atoms with Gasteiger partial charge in [0, 0.05) is 6.04 Å². The van der Waals surface area contributed by atoms with E-state index in [1.165, 1.54) is 31.2 Å². The van der Waals surface area contributed by atoms with Crippen LogP contribution in [-0.4, -0.2) is 35.1 Å². The molecule has 0 bridgehead atoms. The summed E-state index contributed by atoms with van der Waals surface area (Å²) in [6, 6.07) is 6.04. The van der Waals surface area contributed by atoms with E-state index < -0.39 is 17.8 Å². The molecular formula is C17H21N3O4. The van der Waals surface area contributed by atoms with Gasteiger partial charge in [-0.3, -0.25) is 9.59 Å². The molecule has 0 heterocycles. The maximum atomic E-state index is 11.8. The summed E-state index contributed by atoms with van der Waals surface area (Å²) >= 11 is 0. The van der Waals surface area contributed by atoms with Crippen LogP contribution < -0.4 is 10.7 Å². The van der Waals surface area contributed by atoms with Crippen LogP contribution in [0.1, 0.15) is 54.4 Å². The minimum atomic E-state index is -1.01. The van der Waals surface area contributed by atoms with E-state index in [0.29, 0.717) is 5.56 Å². The van der Waals surface area contributed by atoms with Crippen molar-refractivity contribution in [2.75, 3.05) is 0 Å². The molecule has 128 valence electrons. The van der Waals surface area contributed by atoms with Gasteiger partial charge in [0.15, 0.2) is 0 Å². The topological polar surface area (TPSA) is 108 Å². The van der Waals surface area contributed by atoms with Gasteiger partial charge in [0.1, 0.15) is 0 Å². The molecular weight excluding hydrogens is 310 g/mol. The molecule has 1 aromatic rings. The number of carbonyl (C=O) groups excluding carboxylic acids is 2. The van der Waals surface area contributed by atoms with Crippen molar-refractivity contribution >= 4 is 24.0 Å². The summed E-state index contributed by atoms with van der Waals surface area (Å²) in [7, 11) is 0. The average molecular weight is 331 g/mol. The van der Waals surface area contributed by atoms with Crippen LogP contribution in [0.2, 0.25) is 0 Å². The SMILES string of the molecule is O=C(N/N=C/c1ccc(C(=O)O)cc1)C(=O)NC1CCCCCC1. The first kappa shape index (κ1) is 17.7. The maximum Gasteiger partial charge on any atom is 0.335 e. The molecule has 1 fully saturated rings. The summed E-state index contributed by atoms with van der Waals surface area (Å²) in [5.41, 5.74) is 2.96. The first-order chi connectivity index (χ1) is 11.6. The molecule has 0 unspecified atom stereocenters. The lowest BCUT2D eigenvalue weighted by molar-refractivity contribution is -0.139. The Morgan fingerprint density at radius 2 is 1.62 bits per heavy atom. The Bertz CT molecular complexity index is 617. The largest absolute Gasteiger partial charge is 0.478 e. The van der Waals surface area contributed by atoms with Gasteiger partial charge >= 0.3 is 17.8 Å². The molecule has 7 nitrogen and oxygen atoms in total. The van der Waals surface area contributed by atoms with Crippen molar-refractivity contribution in [3.63, 3.8) is 0 Å². The van der Waals surface area contributed by atoms with Gasteiger partial charge in [0.2, 0.25) is 0 Å². The second kappa shape index (κ2) is 8.81. The van der Waals surface area contributed by atoms with Crippen molar-refractivity contribution in [2.24, 2.45) is 5.10 Å². The standard InChI is InChI=1S/C17H21N3O4/c21-15(19-14-5-3-1-2-4-6-14)16(22)20-18-11-12-7-9-13(10-8-12)17(23)24/h7-11,14H,1-6H2,(H,19,21)(H,20,22)(H,23,24)/b18-11+. The fraction of sp³-hybridized carbons (Fsp3) is 0.412. The molecule has 1 aromatic carbocycles. The fourth-order valence-corrected chi connectivity index (χ4v) is 2.60. The smallest absolute Gasteiger partial charge is 0.335 e. The highest BCUT2D eigenvalue weighted by molar-refractivity contribution is 6.35. The molecule has 1 aliphatic rings. The predicted octanol–water partition coefficient (Wildman–Crippen LogP) is 1.67. The molecule has 1 aliphatic carbocycles. The zero-order valence-electron chi connectivity index (χ0n) is 13.3. The van der Waals surface area contributed by atoms with Gasteiger partial charge in [0.25, 0.3) is 0 Å². The van der Waals surface area contributed by atoms with E-state index >= 15 is 0 Å². The number of nitrogens with one attached hydrogen (secondary N) is 2. The Balaban J connectivity index is 1.80. The number of nitrogens with zero attached hydrogens (tertiary/aromatic N) is 1. The van der Waals surface area contributed by atoms with Crippen molar-refractivity contribution in [3.05, 3.63) is 35.4 Å². The fourth-order valence-electron chi connectivity index (χ4n) is 2.60. The molecule has 2 amide bonds. The average Bonchev–Trinajstić information content (AvgIpc) is 2.83. The Morgan fingerprint density at radius 1 is 1.00 bits per heavy atom. The number of hydrogen-bond acceptors (Lipinski definition) is 4. The molecule has 2 rings (SSSR count). The number of amides is 2. The summed E-state index contributed by atoms with van der Waals surface area (Å²) in [5, 5.41) is 15.3. The van der Waals surface area contributed by atoms with E-state index in [0.717, 1.165) is 25.7 Å². The molecule has 0 aromatic heterocycles. The minimum Gasteiger partial charge on any atom is -0.478 e. The van der Waals surface area contributed by atoms with Gasteiger partial charge in [-0.2, -0.15) is 5.10 Å². The molecule has 7 heteroatoms. The summed E-state index contributed by atoms with van der Waals surface area (Å²) in [6.45, 7) is 0. The lowest BCUT2D eigenvalue weighted by Gasteiger charge is -2.14. The van der Waals surface area contributed by atoms with Gasteiger partial charge in [-0.05, 0) is 30.5 Å². The minimum absolute atomic E-state index is 0.0540. The van der Waals surface area contributed by atoms with Crippen molar-refractivity contribution in [1.29, 1.82) is 0 Å². The number of carbonyl (C=O) groups is 3. The lowest BCUT2D eigenvalue weighted by atomic mass is 10.1. The first-order valence-corrected chi connectivity index (χ1v) is 8.03. The third-order valence-corrected chi connectivity index (χ3v) is 3.93. The van der Waals surface area contributed by atoms with Crippen LogP contribution >= 0.6 is 0 Å². The molecule has 0 atom stereocenters. The Hall–Kier alpha value is -2.70. The van der Waals surface area contributed by atoms with Crippen LogP contribution in [-0.2, 0) is 9.59 Å². The van der Waals surface area contributed by atoms with Crippen molar-refractivity contribution in [2.45, 2.75) is 44.6 Å². The summed E-state index contributed by atoms with van der Waals surface area (Å²) in [5.74, 6) is -2.50. The Morgan fingerprint density at radius 3 is 2.21 bits per heavy atom. The quantitative estimate of drug-likeness (QED) is 0.337. The summed E-state index contributed by atoms with van der Waals surface area (Å²) in [4.78, 5) is 34.3. The molecule has 24 heavy (non-hydrogen) atoms. The van der Waals surface area contributed by atoms with Crippen LogP contribution in [0.4, 0.5) is 0 Å². The summed E-state index contributed by atoms with van der Waals surface area (Å²) in [6.07, 6.45) is 7.63. The zero-order valence-corrected chi connectivity index (χ0v) is 13.3. The highest BCUT2D eigenvalue weighted by Crippen LogP contribution is 2.16. The van der Waals surface area contributed by atoms with Gasteiger partial charge in [-0.25, -0.2) is 10.2 Å². The third-order valence-electron chi connectivity index (χ3n) is 3.93. The first-order valence-electron chi connectivity index (χ1n) is 8.03. The Kier molecular flexibility index (Phi) is 6.48. The van der Waals surface area contributed by atoms with Gasteiger partial charge < -0.3 is 10.4 Å². The van der Waals surface area contributed by atoms with Crippen LogP contribution in [0.25, 0.3) is 0 Å². The van der Waals surface area contributed by atoms with Crippen molar-refractivity contribution < 1.29 is 19.5 Å². The number of carboxylic acids is 1. The van der Waals surface area contributed by atoms with Crippen molar-refractivity contribution in [3.8, 4) is 0 Å². The van der Waals surface area contributed by atoms with Crippen LogP contribution in [0, 0.1) is 0 Å². The van der Waals surface area contributed by atoms with Crippen LogP contribution in [0.15, 0.2) is 29.4 Å². The second-order valence-corrected chi connectivity index (χ2v) is 5.79. The second-order valence-electron chi connectivity index (χ2n) is 5.79. The van der Waals surface area contributed by atoms with E-state index in [2.05, 4.69) is 15.8 Å². The maximum absolute atomic E-state index is 11.8. The van der Waals surface area contributed by atoms with Gasteiger partial charge in [0.05, 0.1) is 11.8 Å². The molecule has 1 saturated carbocycles. The predicted molar refractivity (Wildman–Crippen MR) is 88.8 cm³/mol.